The first kappa shape index (κ1) is 15.9. The molecule has 1 atom stereocenters. The van der Waals surface area contributed by atoms with Gasteiger partial charge in [-0.2, -0.15) is 0 Å². The zero-order valence-electron chi connectivity index (χ0n) is 12.4. The zero-order valence-corrected chi connectivity index (χ0v) is 12.4. The standard InChI is InChI=1S/C16H23N3O/c1-5-11-18-16(17-6-2)19-12-14(4)20-15-9-7-13(3)8-10-15/h1,7-10,14H,6,11-12H2,2-4H3,(H2,17,18,19). The minimum atomic E-state index is -0.000928. The van der Waals surface area contributed by atoms with Gasteiger partial charge in [-0.1, -0.05) is 23.6 Å². The maximum Gasteiger partial charge on any atom is 0.192 e. The number of rotatable bonds is 6. The Labute approximate surface area is 121 Å². The van der Waals surface area contributed by atoms with Gasteiger partial charge in [0.1, 0.15) is 11.9 Å². The molecule has 0 spiro atoms. The van der Waals surface area contributed by atoms with Crippen LogP contribution in [0, 0.1) is 19.3 Å². The number of benzene rings is 1. The fraction of sp³-hybridized carbons (Fsp3) is 0.438. The summed E-state index contributed by atoms with van der Waals surface area (Å²) in [6, 6.07) is 8.00. The summed E-state index contributed by atoms with van der Waals surface area (Å²) in [5, 5.41) is 6.18. The monoisotopic (exact) mass is 273 g/mol. The Morgan fingerprint density at radius 3 is 2.65 bits per heavy atom. The normalized spacial score (nSPS) is 12.4. The van der Waals surface area contributed by atoms with Crippen molar-refractivity contribution in [3.63, 3.8) is 0 Å². The maximum atomic E-state index is 5.80. The van der Waals surface area contributed by atoms with Gasteiger partial charge >= 0.3 is 0 Å². The van der Waals surface area contributed by atoms with Gasteiger partial charge in [-0.3, -0.25) is 0 Å². The molecule has 2 N–H and O–H groups in total. The van der Waals surface area contributed by atoms with Crippen molar-refractivity contribution < 1.29 is 4.74 Å². The lowest BCUT2D eigenvalue weighted by Gasteiger charge is -2.14. The van der Waals surface area contributed by atoms with Crippen LogP contribution in [0.2, 0.25) is 0 Å². The van der Waals surface area contributed by atoms with Crippen molar-refractivity contribution in [1.82, 2.24) is 10.6 Å². The van der Waals surface area contributed by atoms with Crippen LogP contribution in [0.4, 0.5) is 0 Å². The Hall–Kier alpha value is -2.15. The summed E-state index contributed by atoms with van der Waals surface area (Å²) in [5.74, 6) is 4.10. The molecule has 1 rings (SSSR count). The fourth-order valence-corrected chi connectivity index (χ4v) is 1.58. The molecule has 4 heteroatoms. The molecule has 4 nitrogen and oxygen atoms in total. The number of aliphatic imine (C=N–C) groups is 1. The van der Waals surface area contributed by atoms with Crippen molar-refractivity contribution in [3.8, 4) is 18.1 Å². The average molecular weight is 273 g/mol. The van der Waals surface area contributed by atoms with Crippen molar-refractivity contribution in [1.29, 1.82) is 0 Å². The van der Waals surface area contributed by atoms with E-state index >= 15 is 0 Å². The highest BCUT2D eigenvalue weighted by Crippen LogP contribution is 2.13. The highest BCUT2D eigenvalue weighted by molar-refractivity contribution is 5.79. The lowest BCUT2D eigenvalue weighted by molar-refractivity contribution is 0.230. The van der Waals surface area contributed by atoms with E-state index in [4.69, 9.17) is 11.2 Å². The van der Waals surface area contributed by atoms with E-state index < -0.39 is 0 Å². The number of ether oxygens (including phenoxy) is 1. The van der Waals surface area contributed by atoms with E-state index in [1.165, 1.54) is 5.56 Å². The minimum Gasteiger partial charge on any atom is -0.489 e. The smallest absolute Gasteiger partial charge is 0.192 e. The molecular weight excluding hydrogens is 250 g/mol. The molecule has 0 fully saturated rings. The van der Waals surface area contributed by atoms with E-state index in [1.54, 1.807) is 0 Å². The van der Waals surface area contributed by atoms with Gasteiger partial charge in [-0.25, -0.2) is 4.99 Å². The summed E-state index contributed by atoms with van der Waals surface area (Å²) >= 11 is 0. The highest BCUT2D eigenvalue weighted by atomic mass is 16.5. The highest BCUT2D eigenvalue weighted by Gasteiger charge is 2.04. The second kappa shape index (κ2) is 8.87. The molecule has 0 saturated heterocycles. The first-order valence-electron chi connectivity index (χ1n) is 6.84. The minimum absolute atomic E-state index is 0.000928. The molecule has 1 aromatic rings. The predicted octanol–water partition coefficient (Wildman–Crippen LogP) is 1.95. The van der Waals surface area contributed by atoms with E-state index in [2.05, 4.69) is 28.5 Å². The quantitative estimate of drug-likeness (QED) is 0.473. The van der Waals surface area contributed by atoms with E-state index in [0.29, 0.717) is 19.0 Å². The molecular formula is C16H23N3O. The van der Waals surface area contributed by atoms with Crippen molar-refractivity contribution in [3.05, 3.63) is 29.8 Å². The Balaban J connectivity index is 2.48. The third kappa shape index (κ3) is 6.14. The van der Waals surface area contributed by atoms with Crippen LogP contribution >= 0.6 is 0 Å². The second-order valence-corrected chi connectivity index (χ2v) is 4.52. The molecule has 0 aromatic heterocycles. The van der Waals surface area contributed by atoms with Gasteiger partial charge in [-0.05, 0) is 32.9 Å². The molecule has 0 amide bonds. The molecule has 0 bridgehead atoms. The van der Waals surface area contributed by atoms with Crippen LogP contribution in [-0.4, -0.2) is 31.7 Å². The first-order chi connectivity index (χ1) is 9.65. The van der Waals surface area contributed by atoms with Gasteiger partial charge in [0, 0.05) is 6.54 Å². The maximum absolute atomic E-state index is 5.80. The second-order valence-electron chi connectivity index (χ2n) is 4.52. The number of nitrogens with zero attached hydrogens (tertiary/aromatic N) is 1. The molecule has 108 valence electrons. The van der Waals surface area contributed by atoms with Crippen LogP contribution < -0.4 is 15.4 Å². The Morgan fingerprint density at radius 2 is 2.05 bits per heavy atom. The van der Waals surface area contributed by atoms with Crippen molar-refractivity contribution in [2.75, 3.05) is 19.6 Å². The molecule has 0 aliphatic heterocycles. The molecule has 0 aliphatic rings. The van der Waals surface area contributed by atoms with Crippen LogP contribution in [0.5, 0.6) is 5.75 Å². The topological polar surface area (TPSA) is 45.7 Å². The predicted molar refractivity (Wildman–Crippen MR) is 84.1 cm³/mol. The van der Waals surface area contributed by atoms with Crippen LogP contribution in [-0.2, 0) is 0 Å². The molecule has 0 heterocycles. The van der Waals surface area contributed by atoms with E-state index in [1.807, 2.05) is 38.1 Å². The number of nitrogens with one attached hydrogen (secondary N) is 2. The fourth-order valence-electron chi connectivity index (χ4n) is 1.58. The number of terminal acetylenes is 1. The Morgan fingerprint density at radius 1 is 1.35 bits per heavy atom. The lowest BCUT2D eigenvalue weighted by atomic mass is 10.2. The van der Waals surface area contributed by atoms with Crippen LogP contribution in [0.25, 0.3) is 0 Å². The number of guanidine groups is 1. The van der Waals surface area contributed by atoms with Gasteiger partial charge in [0.25, 0.3) is 0 Å². The molecule has 20 heavy (non-hydrogen) atoms. The third-order valence-corrected chi connectivity index (χ3v) is 2.57. The summed E-state index contributed by atoms with van der Waals surface area (Å²) in [6.45, 7) is 7.88. The molecule has 0 aliphatic carbocycles. The van der Waals surface area contributed by atoms with Gasteiger partial charge < -0.3 is 15.4 Å². The largest absolute Gasteiger partial charge is 0.489 e. The van der Waals surface area contributed by atoms with E-state index in [-0.39, 0.29) is 6.10 Å². The summed E-state index contributed by atoms with van der Waals surface area (Å²) in [6.07, 6.45) is 5.22. The van der Waals surface area contributed by atoms with Crippen molar-refractivity contribution in [2.45, 2.75) is 26.9 Å². The van der Waals surface area contributed by atoms with Crippen LogP contribution in [0.3, 0.4) is 0 Å². The third-order valence-electron chi connectivity index (χ3n) is 2.57. The number of hydrogen-bond donors (Lipinski definition) is 2. The molecule has 0 radical (unpaired) electrons. The SMILES string of the molecule is C#CCNC(=NCC(C)Oc1ccc(C)cc1)NCC. The van der Waals surface area contributed by atoms with E-state index in [9.17, 15) is 0 Å². The van der Waals surface area contributed by atoms with Crippen molar-refractivity contribution in [2.24, 2.45) is 4.99 Å². The number of hydrogen-bond acceptors (Lipinski definition) is 2. The lowest BCUT2D eigenvalue weighted by Crippen LogP contribution is -2.38. The van der Waals surface area contributed by atoms with Crippen LogP contribution in [0.15, 0.2) is 29.3 Å². The summed E-state index contributed by atoms with van der Waals surface area (Å²) in [5.41, 5.74) is 1.22. The van der Waals surface area contributed by atoms with Gasteiger partial charge in [-0.15, -0.1) is 6.42 Å². The number of aryl methyl sites for hydroxylation is 1. The zero-order chi connectivity index (χ0) is 14.8. The first-order valence-corrected chi connectivity index (χ1v) is 6.84. The van der Waals surface area contributed by atoms with Crippen LogP contribution in [0.1, 0.15) is 19.4 Å². The Kier molecular flexibility index (Phi) is 7.05. The van der Waals surface area contributed by atoms with Gasteiger partial charge in [0.05, 0.1) is 13.1 Å². The van der Waals surface area contributed by atoms with Gasteiger partial charge in [0.2, 0.25) is 0 Å². The molecule has 1 unspecified atom stereocenters. The summed E-state index contributed by atoms with van der Waals surface area (Å²) in [7, 11) is 0. The summed E-state index contributed by atoms with van der Waals surface area (Å²) in [4.78, 5) is 4.44. The van der Waals surface area contributed by atoms with Gasteiger partial charge in [0.15, 0.2) is 5.96 Å². The Bertz CT molecular complexity index is 460. The van der Waals surface area contributed by atoms with Crippen molar-refractivity contribution >= 4 is 5.96 Å². The summed E-state index contributed by atoms with van der Waals surface area (Å²) < 4.78 is 5.80. The molecule has 1 aromatic carbocycles. The molecule has 0 saturated carbocycles. The van der Waals surface area contributed by atoms with E-state index in [0.717, 1.165) is 12.3 Å². The average Bonchev–Trinajstić information content (AvgIpc) is 2.44.